The SMILES string of the molecule is CC1(Cc2ccncc2C(=O)N2CCOCC2)NC(=O)N(c2ccc(OC(F)(F)F)cc2)C1=O. The number of morpholine rings is 1. The first-order chi connectivity index (χ1) is 16.1. The van der Waals surface area contributed by atoms with E-state index in [0.717, 1.165) is 17.0 Å². The summed E-state index contributed by atoms with van der Waals surface area (Å²) in [6, 6.07) is 5.28. The van der Waals surface area contributed by atoms with Crippen LogP contribution in [-0.2, 0) is 16.0 Å². The molecule has 0 aliphatic carbocycles. The lowest BCUT2D eigenvalue weighted by atomic mass is 9.90. The van der Waals surface area contributed by atoms with Crippen LogP contribution in [-0.4, -0.2) is 65.9 Å². The molecular weight excluding hydrogens is 457 g/mol. The van der Waals surface area contributed by atoms with Crippen molar-refractivity contribution in [1.82, 2.24) is 15.2 Å². The molecule has 1 atom stereocenters. The molecule has 0 spiro atoms. The Hall–Kier alpha value is -3.67. The smallest absolute Gasteiger partial charge is 0.406 e. The highest BCUT2D eigenvalue weighted by Crippen LogP contribution is 2.31. The number of carbonyl (C=O) groups excluding carboxylic acids is 3. The van der Waals surface area contributed by atoms with Crippen molar-refractivity contribution in [2.45, 2.75) is 25.2 Å². The largest absolute Gasteiger partial charge is 0.573 e. The number of rotatable bonds is 5. The number of pyridine rings is 1. The number of alkyl halides is 3. The van der Waals surface area contributed by atoms with Gasteiger partial charge in [-0.05, 0) is 42.8 Å². The summed E-state index contributed by atoms with van der Waals surface area (Å²) in [4.78, 5) is 45.4. The molecule has 4 rings (SSSR count). The van der Waals surface area contributed by atoms with Gasteiger partial charge in [-0.1, -0.05) is 0 Å². The summed E-state index contributed by atoms with van der Waals surface area (Å²) >= 11 is 0. The maximum Gasteiger partial charge on any atom is 0.573 e. The fourth-order valence-electron chi connectivity index (χ4n) is 3.92. The molecule has 1 unspecified atom stereocenters. The van der Waals surface area contributed by atoms with Crippen LogP contribution in [0.2, 0.25) is 0 Å². The molecule has 2 aliphatic rings. The molecule has 0 radical (unpaired) electrons. The Balaban J connectivity index is 1.55. The van der Waals surface area contributed by atoms with E-state index in [2.05, 4.69) is 15.0 Å². The van der Waals surface area contributed by atoms with Gasteiger partial charge in [0.15, 0.2) is 0 Å². The van der Waals surface area contributed by atoms with Crippen LogP contribution in [0.1, 0.15) is 22.8 Å². The zero-order valence-electron chi connectivity index (χ0n) is 18.1. The lowest BCUT2D eigenvalue weighted by Gasteiger charge is -2.28. The average molecular weight is 478 g/mol. The molecule has 1 N–H and O–H groups in total. The number of hydrogen-bond acceptors (Lipinski definition) is 6. The predicted octanol–water partition coefficient (Wildman–Crippen LogP) is 2.51. The molecule has 9 nitrogen and oxygen atoms in total. The van der Waals surface area contributed by atoms with Crippen LogP contribution < -0.4 is 15.0 Å². The van der Waals surface area contributed by atoms with Gasteiger partial charge in [0, 0.05) is 31.9 Å². The summed E-state index contributed by atoms with van der Waals surface area (Å²) in [6.07, 6.45) is -1.93. The van der Waals surface area contributed by atoms with Crippen LogP contribution >= 0.6 is 0 Å². The molecule has 2 aromatic rings. The second kappa shape index (κ2) is 8.93. The predicted molar refractivity (Wildman–Crippen MR) is 112 cm³/mol. The van der Waals surface area contributed by atoms with E-state index >= 15 is 0 Å². The first-order valence-electron chi connectivity index (χ1n) is 10.4. The van der Waals surface area contributed by atoms with E-state index in [4.69, 9.17) is 4.74 Å². The van der Waals surface area contributed by atoms with Gasteiger partial charge in [-0.25, -0.2) is 9.69 Å². The van der Waals surface area contributed by atoms with E-state index < -0.39 is 29.6 Å². The Morgan fingerprint density at radius 3 is 2.50 bits per heavy atom. The minimum Gasteiger partial charge on any atom is -0.406 e. The normalized spacial score (nSPS) is 20.9. The van der Waals surface area contributed by atoms with E-state index in [9.17, 15) is 27.6 Å². The Kier molecular flexibility index (Phi) is 6.17. The van der Waals surface area contributed by atoms with Gasteiger partial charge in [0.05, 0.1) is 24.5 Å². The average Bonchev–Trinajstić information content (AvgIpc) is 3.01. The lowest BCUT2D eigenvalue weighted by Crippen LogP contribution is -2.47. The van der Waals surface area contributed by atoms with Crippen LogP contribution in [0, 0.1) is 0 Å². The zero-order valence-corrected chi connectivity index (χ0v) is 18.1. The number of halogens is 3. The third-order valence-corrected chi connectivity index (χ3v) is 5.57. The lowest BCUT2D eigenvalue weighted by molar-refractivity contribution is -0.274. The van der Waals surface area contributed by atoms with Gasteiger partial charge in [-0.15, -0.1) is 13.2 Å². The molecule has 12 heteroatoms. The number of urea groups is 1. The molecule has 2 fully saturated rings. The highest BCUT2D eigenvalue weighted by atomic mass is 19.4. The van der Waals surface area contributed by atoms with Crippen molar-refractivity contribution in [2.75, 3.05) is 31.2 Å². The minimum absolute atomic E-state index is 0.0112. The first-order valence-corrected chi connectivity index (χ1v) is 10.4. The number of nitrogens with one attached hydrogen (secondary N) is 1. The number of benzene rings is 1. The monoisotopic (exact) mass is 478 g/mol. The van der Waals surface area contributed by atoms with E-state index in [1.807, 2.05) is 0 Å². The fraction of sp³-hybridized carbons (Fsp3) is 0.364. The van der Waals surface area contributed by atoms with Crippen LogP contribution in [0.5, 0.6) is 5.75 Å². The molecule has 1 aromatic heterocycles. The van der Waals surface area contributed by atoms with Crippen molar-refractivity contribution in [1.29, 1.82) is 0 Å². The topological polar surface area (TPSA) is 101 Å². The highest BCUT2D eigenvalue weighted by molar-refractivity contribution is 6.23. The van der Waals surface area contributed by atoms with Crippen LogP contribution in [0.25, 0.3) is 0 Å². The number of hydrogen-bond donors (Lipinski definition) is 1. The number of amides is 4. The Labute approximate surface area is 192 Å². The summed E-state index contributed by atoms with van der Waals surface area (Å²) in [5, 5.41) is 2.64. The number of imide groups is 1. The standard InChI is InChI=1S/C22H21F3N4O5/c1-21(12-14-6-7-26-13-17(14)18(30)28-8-10-33-11-9-28)19(31)29(20(32)27-21)15-2-4-16(5-3-15)34-22(23,24)25/h2-7,13H,8-12H2,1H3,(H,27,32). The van der Waals surface area contributed by atoms with E-state index in [1.54, 1.807) is 11.0 Å². The minimum atomic E-state index is -4.86. The van der Waals surface area contributed by atoms with Crippen molar-refractivity contribution in [3.05, 3.63) is 53.9 Å². The third-order valence-electron chi connectivity index (χ3n) is 5.57. The molecule has 2 saturated heterocycles. The maximum atomic E-state index is 13.2. The summed E-state index contributed by atoms with van der Waals surface area (Å²) in [7, 11) is 0. The molecular formula is C22H21F3N4O5. The fourth-order valence-corrected chi connectivity index (χ4v) is 3.92. The number of anilines is 1. The van der Waals surface area contributed by atoms with Gasteiger partial charge in [-0.2, -0.15) is 0 Å². The van der Waals surface area contributed by atoms with Crippen molar-refractivity contribution in [3.63, 3.8) is 0 Å². The van der Waals surface area contributed by atoms with Crippen molar-refractivity contribution in [2.24, 2.45) is 0 Å². The summed E-state index contributed by atoms with van der Waals surface area (Å²) in [6.45, 7) is 3.24. The van der Waals surface area contributed by atoms with Crippen molar-refractivity contribution in [3.8, 4) is 5.75 Å². The van der Waals surface area contributed by atoms with E-state index in [1.165, 1.54) is 31.5 Å². The molecule has 2 aliphatic heterocycles. The maximum absolute atomic E-state index is 13.2. The number of aromatic nitrogens is 1. The van der Waals surface area contributed by atoms with Gasteiger partial charge < -0.3 is 19.7 Å². The number of ether oxygens (including phenoxy) is 2. The Morgan fingerprint density at radius 2 is 1.85 bits per heavy atom. The quantitative estimate of drug-likeness (QED) is 0.663. The molecule has 1 aromatic carbocycles. The van der Waals surface area contributed by atoms with Crippen LogP contribution in [0.4, 0.5) is 23.7 Å². The number of nitrogens with zero attached hydrogens (tertiary/aromatic N) is 3. The zero-order chi connectivity index (χ0) is 24.5. The molecule has 180 valence electrons. The molecule has 0 bridgehead atoms. The summed E-state index contributed by atoms with van der Waals surface area (Å²) < 4.78 is 46.3. The van der Waals surface area contributed by atoms with E-state index in [-0.39, 0.29) is 18.0 Å². The van der Waals surface area contributed by atoms with Gasteiger partial charge in [0.1, 0.15) is 11.3 Å². The molecule has 4 amide bonds. The van der Waals surface area contributed by atoms with Gasteiger partial charge in [-0.3, -0.25) is 14.6 Å². The molecule has 34 heavy (non-hydrogen) atoms. The van der Waals surface area contributed by atoms with Crippen LogP contribution in [0.15, 0.2) is 42.7 Å². The van der Waals surface area contributed by atoms with E-state index in [0.29, 0.717) is 37.4 Å². The number of carbonyl (C=O) groups is 3. The second-order valence-corrected chi connectivity index (χ2v) is 8.06. The van der Waals surface area contributed by atoms with Gasteiger partial charge >= 0.3 is 12.4 Å². The van der Waals surface area contributed by atoms with Crippen molar-refractivity contribution >= 4 is 23.5 Å². The van der Waals surface area contributed by atoms with Gasteiger partial charge in [0.25, 0.3) is 11.8 Å². The van der Waals surface area contributed by atoms with Gasteiger partial charge in [0.2, 0.25) is 0 Å². The van der Waals surface area contributed by atoms with Crippen molar-refractivity contribution < 1.29 is 37.0 Å². The highest BCUT2D eigenvalue weighted by Gasteiger charge is 2.49. The second-order valence-electron chi connectivity index (χ2n) is 8.06. The Bertz CT molecular complexity index is 1100. The Morgan fingerprint density at radius 1 is 1.18 bits per heavy atom. The summed E-state index contributed by atoms with van der Waals surface area (Å²) in [5.74, 6) is -1.33. The summed E-state index contributed by atoms with van der Waals surface area (Å²) in [5.41, 5.74) is -0.460. The molecule has 3 heterocycles. The van der Waals surface area contributed by atoms with Crippen LogP contribution in [0.3, 0.4) is 0 Å². The first kappa shape index (κ1) is 23.5. The third kappa shape index (κ3) is 4.81. The molecule has 0 saturated carbocycles.